The van der Waals surface area contributed by atoms with E-state index in [1.165, 1.54) is 24.8 Å². The van der Waals surface area contributed by atoms with Gasteiger partial charge in [-0.25, -0.2) is 4.79 Å². The average Bonchev–Trinajstić information content (AvgIpc) is 2.67. The second kappa shape index (κ2) is 12.7. The third-order valence-corrected chi connectivity index (χ3v) is 5.12. The van der Waals surface area contributed by atoms with Crippen LogP contribution in [0.25, 0.3) is 0 Å². The Morgan fingerprint density at radius 1 is 0.889 bits per heavy atom. The van der Waals surface area contributed by atoms with Crippen LogP contribution in [0.3, 0.4) is 0 Å². The summed E-state index contributed by atoms with van der Waals surface area (Å²) in [5.41, 5.74) is 3.56. The van der Waals surface area contributed by atoms with E-state index in [2.05, 4.69) is 15.9 Å². The molecule has 0 amide bonds. The summed E-state index contributed by atoms with van der Waals surface area (Å²) >= 11 is 3.45. The molecule has 0 spiro atoms. The molecule has 0 saturated carbocycles. The first-order valence-corrected chi connectivity index (χ1v) is 10.9. The molecule has 2 aromatic rings. The lowest BCUT2D eigenvalue weighted by Gasteiger charge is -2.10. The third-order valence-electron chi connectivity index (χ3n) is 4.56. The molecule has 0 unspecified atom stereocenters. The van der Waals surface area contributed by atoms with Crippen molar-refractivity contribution in [2.75, 3.05) is 18.5 Å². The molecule has 1 N–H and O–H groups in total. The van der Waals surface area contributed by atoms with Gasteiger partial charge in [-0.05, 0) is 54.9 Å². The Balaban J connectivity index is 1.81. The maximum atomic E-state index is 11.5. The van der Waals surface area contributed by atoms with E-state index in [9.17, 15) is 9.90 Å². The van der Waals surface area contributed by atoms with Gasteiger partial charge in [0.25, 0.3) is 0 Å². The minimum Gasteiger partial charge on any atom is -0.478 e. The predicted molar refractivity (Wildman–Crippen MR) is 114 cm³/mol. The zero-order chi connectivity index (χ0) is 19.3. The van der Waals surface area contributed by atoms with Crippen molar-refractivity contribution in [1.29, 1.82) is 0 Å². The van der Waals surface area contributed by atoms with Gasteiger partial charge >= 0.3 is 5.97 Å². The van der Waals surface area contributed by atoms with E-state index in [-0.39, 0.29) is 0 Å². The molecular formula is C23H29BrO3. The number of benzene rings is 2. The molecule has 0 heterocycles. The van der Waals surface area contributed by atoms with Gasteiger partial charge in [0, 0.05) is 18.5 Å². The van der Waals surface area contributed by atoms with Gasteiger partial charge in [-0.2, -0.15) is 0 Å². The standard InChI is InChI=1S/C23H29BrO3/c24-14-6-1-2-7-15-27-16-8-11-20-12-13-22(23(25)26)21(18-20)17-19-9-4-3-5-10-19/h3-5,9-10,12-13,18H,1-2,6-8,11,14-17H2,(H,25,26). The zero-order valence-corrected chi connectivity index (χ0v) is 17.4. The Labute approximate surface area is 170 Å². The van der Waals surface area contributed by atoms with Crippen molar-refractivity contribution in [3.05, 3.63) is 70.8 Å². The Morgan fingerprint density at radius 2 is 1.63 bits per heavy atom. The van der Waals surface area contributed by atoms with E-state index in [1.54, 1.807) is 6.07 Å². The molecule has 0 aliphatic rings. The number of ether oxygens (including phenoxy) is 1. The number of hydrogen-bond donors (Lipinski definition) is 1. The maximum absolute atomic E-state index is 11.5. The molecule has 3 nitrogen and oxygen atoms in total. The number of rotatable bonds is 13. The summed E-state index contributed by atoms with van der Waals surface area (Å²) in [6, 6.07) is 15.7. The molecule has 0 aromatic heterocycles. The van der Waals surface area contributed by atoms with E-state index in [0.29, 0.717) is 12.0 Å². The minimum atomic E-state index is -0.865. The van der Waals surface area contributed by atoms with Crippen molar-refractivity contribution in [3.63, 3.8) is 0 Å². The summed E-state index contributed by atoms with van der Waals surface area (Å²) in [6.07, 6.45) is 7.35. The first-order chi connectivity index (χ1) is 13.2. The van der Waals surface area contributed by atoms with E-state index >= 15 is 0 Å². The van der Waals surface area contributed by atoms with Crippen molar-refractivity contribution in [3.8, 4) is 0 Å². The topological polar surface area (TPSA) is 46.5 Å². The number of aryl methyl sites for hydroxylation is 1. The van der Waals surface area contributed by atoms with E-state index < -0.39 is 5.97 Å². The van der Waals surface area contributed by atoms with Crippen LogP contribution in [0.2, 0.25) is 0 Å². The van der Waals surface area contributed by atoms with Gasteiger partial charge < -0.3 is 9.84 Å². The number of unbranched alkanes of at least 4 members (excludes halogenated alkanes) is 3. The second-order valence-corrected chi connectivity index (χ2v) is 7.57. The molecule has 0 aliphatic heterocycles. The predicted octanol–water partition coefficient (Wildman–Crippen LogP) is 5.88. The van der Waals surface area contributed by atoms with Crippen LogP contribution in [0.1, 0.15) is 59.2 Å². The largest absolute Gasteiger partial charge is 0.478 e. The summed E-state index contributed by atoms with van der Waals surface area (Å²) in [4.78, 5) is 11.5. The van der Waals surface area contributed by atoms with Gasteiger partial charge in [-0.15, -0.1) is 0 Å². The molecule has 4 heteroatoms. The Hall–Kier alpha value is -1.65. The Kier molecular flexibility index (Phi) is 10.2. The highest BCUT2D eigenvalue weighted by molar-refractivity contribution is 9.09. The number of hydrogen-bond acceptors (Lipinski definition) is 2. The Morgan fingerprint density at radius 3 is 2.37 bits per heavy atom. The molecule has 2 rings (SSSR count). The second-order valence-electron chi connectivity index (χ2n) is 6.78. The highest BCUT2D eigenvalue weighted by Gasteiger charge is 2.11. The van der Waals surface area contributed by atoms with Crippen LogP contribution in [0.5, 0.6) is 0 Å². The summed E-state index contributed by atoms with van der Waals surface area (Å²) < 4.78 is 5.72. The van der Waals surface area contributed by atoms with Gasteiger partial charge in [0.1, 0.15) is 0 Å². The van der Waals surface area contributed by atoms with Crippen molar-refractivity contribution < 1.29 is 14.6 Å². The van der Waals surface area contributed by atoms with Crippen LogP contribution < -0.4 is 0 Å². The maximum Gasteiger partial charge on any atom is 0.335 e. The van der Waals surface area contributed by atoms with Gasteiger partial charge in [0.15, 0.2) is 0 Å². The van der Waals surface area contributed by atoms with Gasteiger partial charge in [-0.1, -0.05) is 71.2 Å². The molecule has 146 valence electrons. The van der Waals surface area contributed by atoms with Crippen LogP contribution in [0, 0.1) is 0 Å². The Bertz CT molecular complexity index is 685. The van der Waals surface area contributed by atoms with Crippen LogP contribution in [0.15, 0.2) is 48.5 Å². The fourth-order valence-electron chi connectivity index (χ4n) is 3.11. The summed E-state index contributed by atoms with van der Waals surface area (Å²) in [5.74, 6) is -0.865. The first kappa shape index (κ1) is 21.6. The number of carbonyl (C=O) groups is 1. The van der Waals surface area contributed by atoms with Crippen LogP contribution in [0.4, 0.5) is 0 Å². The number of carboxylic acid groups (broad SMARTS) is 1. The third kappa shape index (κ3) is 8.27. The average molecular weight is 433 g/mol. The highest BCUT2D eigenvalue weighted by Crippen LogP contribution is 2.18. The molecule has 0 saturated heterocycles. The van der Waals surface area contributed by atoms with Crippen molar-refractivity contribution >= 4 is 21.9 Å². The van der Waals surface area contributed by atoms with E-state index in [1.807, 2.05) is 42.5 Å². The fraction of sp³-hybridized carbons (Fsp3) is 0.435. The fourth-order valence-corrected chi connectivity index (χ4v) is 3.50. The monoisotopic (exact) mass is 432 g/mol. The lowest BCUT2D eigenvalue weighted by Crippen LogP contribution is -2.05. The lowest BCUT2D eigenvalue weighted by atomic mass is 9.96. The molecule has 2 aromatic carbocycles. The zero-order valence-electron chi connectivity index (χ0n) is 15.8. The molecule has 27 heavy (non-hydrogen) atoms. The smallest absolute Gasteiger partial charge is 0.335 e. The molecule has 0 bridgehead atoms. The van der Waals surface area contributed by atoms with Gasteiger partial charge in [0.05, 0.1) is 5.56 Å². The SMILES string of the molecule is O=C(O)c1ccc(CCCOCCCCCCBr)cc1Cc1ccccc1. The lowest BCUT2D eigenvalue weighted by molar-refractivity contribution is 0.0696. The molecule has 0 atom stereocenters. The minimum absolute atomic E-state index is 0.391. The van der Waals surface area contributed by atoms with Gasteiger partial charge in [-0.3, -0.25) is 0 Å². The van der Waals surface area contributed by atoms with E-state index in [0.717, 1.165) is 48.9 Å². The summed E-state index contributed by atoms with van der Waals surface area (Å²) in [6.45, 7) is 1.59. The highest BCUT2D eigenvalue weighted by atomic mass is 79.9. The number of aromatic carboxylic acids is 1. The number of halogens is 1. The number of alkyl halides is 1. The summed E-state index contributed by atoms with van der Waals surface area (Å²) in [7, 11) is 0. The van der Waals surface area contributed by atoms with E-state index in [4.69, 9.17) is 4.74 Å². The normalized spacial score (nSPS) is 10.9. The molecule has 0 aliphatic carbocycles. The van der Waals surface area contributed by atoms with Crippen LogP contribution in [-0.2, 0) is 17.6 Å². The number of carboxylic acids is 1. The van der Waals surface area contributed by atoms with Crippen LogP contribution in [-0.4, -0.2) is 29.6 Å². The molecule has 0 fully saturated rings. The van der Waals surface area contributed by atoms with Crippen molar-refractivity contribution in [2.24, 2.45) is 0 Å². The molecule has 0 radical (unpaired) electrons. The van der Waals surface area contributed by atoms with Gasteiger partial charge in [0.2, 0.25) is 0 Å². The summed E-state index contributed by atoms with van der Waals surface area (Å²) in [5, 5.41) is 10.5. The van der Waals surface area contributed by atoms with Crippen molar-refractivity contribution in [2.45, 2.75) is 44.9 Å². The quantitative estimate of drug-likeness (QED) is 0.317. The van der Waals surface area contributed by atoms with Crippen LogP contribution >= 0.6 is 15.9 Å². The molecular weight excluding hydrogens is 404 g/mol. The van der Waals surface area contributed by atoms with Crippen molar-refractivity contribution in [1.82, 2.24) is 0 Å². The first-order valence-electron chi connectivity index (χ1n) is 9.73.